The Kier molecular flexibility index (Phi) is 6.06. The van der Waals surface area contributed by atoms with E-state index in [1.807, 2.05) is 39.8 Å². The molecule has 0 aliphatic carbocycles. The second kappa shape index (κ2) is 8.04. The number of fused-ring (bicyclic) bond motifs is 1. The molecule has 6 heteroatoms. The summed E-state index contributed by atoms with van der Waals surface area (Å²) in [4.78, 5) is 26.2. The summed E-state index contributed by atoms with van der Waals surface area (Å²) in [6, 6.07) is 5.46. The molecular weight excluding hydrogens is 308 g/mol. The highest BCUT2D eigenvalue weighted by molar-refractivity contribution is 6.34. The second-order valence-electron chi connectivity index (χ2n) is 6.87. The summed E-state index contributed by atoms with van der Waals surface area (Å²) < 4.78 is 10.6. The molecule has 0 aromatic heterocycles. The van der Waals surface area contributed by atoms with E-state index in [9.17, 15) is 9.59 Å². The van der Waals surface area contributed by atoms with Crippen LogP contribution >= 0.6 is 0 Å². The van der Waals surface area contributed by atoms with Gasteiger partial charge in [0.2, 0.25) is 6.79 Å². The van der Waals surface area contributed by atoms with Gasteiger partial charge >= 0.3 is 11.8 Å². The van der Waals surface area contributed by atoms with Gasteiger partial charge in [-0.1, -0.05) is 33.8 Å². The highest BCUT2D eigenvalue weighted by Gasteiger charge is 2.23. The van der Waals surface area contributed by atoms with E-state index in [-0.39, 0.29) is 13.3 Å². The van der Waals surface area contributed by atoms with Crippen LogP contribution in [-0.4, -0.2) is 36.6 Å². The van der Waals surface area contributed by atoms with Crippen LogP contribution in [0.15, 0.2) is 18.2 Å². The Bertz CT molecular complexity index is 589. The van der Waals surface area contributed by atoms with Crippen LogP contribution in [0.3, 0.4) is 0 Å². The molecule has 0 radical (unpaired) electrons. The first-order chi connectivity index (χ1) is 11.4. The quantitative estimate of drug-likeness (QED) is 0.810. The number of carbonyl (C=O) groups excluding carboxylic acids is 2. The Morgan fingerprint density at radius 2 is 1.71 bits per heavy atom. The van der Waals surface area contributed by atoms with Crippen molar-refractivity contribution in [2.24, 2.45) is 11.8 Å². The van der Waals surface area contributed by atoms with Gasteiger partial charge in [0, 0.05) is 19.6 Å². The first-order valence-corrected chi connectivity index (χ1v) is 8.32. The van der Waals surface area contributed by atoms with E-state index in [2.05, 4.69) is 5.32 Å². The van der Waals surface area contributed by atoms with Crippen molar-refractivity contribution >= 4 is 11.8 Å². The van der Waals surface area contributed by atoms with E-state index in [0.717, 1.165) is 5.56 Å². The summed E-state index contributed by atoms with van der Waals surface area (Å²) >= 11 is 0. The zero-order chi connectivity index (χ0) is 17.7. The maximum absolute atomic E-state index is 12.4. The van der Waals surface area contributed by atoms with Gasteiger partial charge in [0.05, 0.1) is 0 Å². The number of ether oxygens (including phenoxy) is 2. The minimum absolute atomic E-state index is 0.211. The molecule has 1 heterocycles. The summed E-state index contributed by atoms with van der Waals surface area (Å²) in [5.74, 6) is 0.936. The molecule has 0 saturated carbocycles. The number of amides is 2. The predicted octanol–water partition coefficient (Wildman–Crippen LogP) is 2.17. The van der Waals surface area contributed by atoms with Crippen LogP contribution in [0.1, 0.15) is 33.3 Å². The van der Waals surface area contributed by atoms with Crippen LogP contribution < -0.4 is 14.8 Å². The van der Waals surface area contributed by atoms with E-state index >= 15 is 0 Å². The molecule has 132 valence electrons. The van der Waals surface area contributed by atoms with Gasteiger partial charge in [-0.25, -0.2) is 0 Å². The van der Waals surface area contributed by atoms with Gasteiger partial charge in [0.25, 0.3) is 0 Å². The van der Waals surface area contributed by atoms with Crippen LogP contribution in [0.4, 0.5) is 0 Å². The van der Waals surface area contributed by atoms with Gasteiger partial charge < -0.3 is 19.7 Å². The summed E-state index contributed by atoms with van der Waals surface area (Å²) in [5.41, 5.74) is 0.861. The SMILES string of the molecule is CC(C)CN(CC(C)C)C(=O)C(=O)NCc1ccc2c(c1)OCO2. The lowest BCUT2D eigenvalue weighted by molar-refractivity contribution is -0.146. The molecule has 1 aliphatic rings. The third-order valence-corrected chi connectivity index (χ3v) is 3.54. The average molecular weight is 334 g/mol. The van der Waals surface area contributed by atoms with E-state index < -0.39 is 11.8 Å². The predicted molar refractivity (Wildman–Crippen MR) is 90.7 cm³/mol. The standard InChI is InChI=1S/C18H26N2O4/c1-12(2)9-20(10-13(3)4)18(22)17(21)19-8-14-5-6-15-16(7-14)24-11-23-15/h5-7,12-13H,8-11H2,1-4H3,(H,19,21). The summed E-state index contributed by atoms with van der Waals surface area (Å²) in [5, 5.41) is 2.69. The number of benzene rings is 1. The average Bonchev–Trinajstić information content (AvgIpc) is 2.97. The minimum Gasteiger partial charge on any atom is -0.454 e. The molecule has 1 aliphatic heterocycles. The summed E-state index contributed by atoms with van der Waals surface area (Å²) in [6.45, 7) is 9.77. The zero-order valence-corrected chi connectivity index (χ0v) is 14.8. The number of hydrogen-bond acceptors (Lipinski definition) is 4. The van der Waals surface area contributed by atoms with Gasteiger partial charge in [-0.2, -0.15) is 0 Å². The molecular formula is C18H26N2O4. The van der Waals surface area contributed by atoms with Crippen molar-refractivity contribution < 1.29 is 19.1 Å². The smallest absolute Gasteiger partial charge is 0.311 e. The normalized spacial score (nSPS) is 12.6. The van der Waals surface area contributed by atoms with Gasteiger partial charge in [-0.05, 0) is 29.5 Å². The van der Waals surface area contributed by atoms with Crippen LogP contribution in [0, 0.1) is 11.8 Å². The monoisotopic (exact) mass is 334 g/mol. The fourth-order valence-electron chi connectivity index (χ4n) is 2.57. The lowest BCUT2D eigenvalue weighted by Crippen LogP contribution is -2.45. The van der Waals surface area contributed by atoms with Crippen molar-refractivity contribution in [3.8, 4) is 11.5 Å². The molecule has 0 unspecified atom stereocenters. The Balaban J connectivity index is 1.93. The molecule has 1 N–H and O–H groups in total. The fourth-order valence-corrected chi connectivity index (χ4v) is 2.57. The first-order valence-electron chi connectivity index (χ1n) is 8.32. The van der Waals surface area contributed by atoms with E-state index in [0.29, 0.717) is 36.4 Å². The molecule has 2 amide bonds. The first kappa shape index (κ1) is 18.1. The van der Waals surface area contributed by atoms with Gasteiger partial charge in [-0.3, -0.25) is 9.59 Å². The molecule has 0 fully saturated rings. The van der Waals surface area contributed by atoms with Crippen molar-refractivity contribution in [1.82, 2.24) is 10.2 Å². The summed E-state index contributed by atoms with van der Waals surface area (Å²) in [7, 11) is 0. The topological polar surface area (TPSA) is 67.9 Å². The van der Waals surface area contributed by atoms with Gasteiger partial charge in [0.1, 0.15) is 0 Å². The Labute approximate surface area is 143 Å². The molecule has 6 nitrogen and oxygen atoms in total. The van der Waals surface area contributed by atoms with Crippen molar-refractivity contribution in [2.45, 2.75) is 34.2 Å². The number of nitrogens with zero attached hydrogens (tertiary/aromatic N) is 1. The van der Waals surface area contributed by atoms with Crippen LogP contribution in [0.25, 0.3) is 0 Å². The highest BCUT2D eigenvalue weighted by Crippen LogP contribution is 2.32. The maximum atomic E-state index is 12.4. The lowest BCUT2D eigenvalue weighted by Gasteiger charge is -2.25. The Hall–Kier alpha value is -2.24. The van der Waals surface area contributed by atoms with Crippen molar-refractivity contribution in [3.05, 3.63) is 23.8 Å². The van der Waals surface area contributed by atoms with Crippen molar-refractivity contribution in [1.29, 1.82) is 0 Å². The Morgan fingerprint density at radius 1 is 1.08 bits per heavy atom. The maximum Gasteiger partial charge on any atom is 0.311 e. The van der Waals surface area contributed by atoms with Crippen molar-refractivity contribution in [3.63, 3.8) is 0 Å². The van der Waals surface area contributed by atoms with Crippen LogP contribution in [-0.2, 0) is 16.1 Å². The molecule has 0 bridgehead atoms. The van der Waals surface area contributed by atoms with Gasteiger partial charge in [0.15, 0.2) is 11.5 Å². The molecule has 1 aromatic carbocycles. The second-order valence-corrected chi connectivity index (χ2v) is 6.87. The minimum atomic E-state index is -0.575. The molecule has 0 saturated heterocycles. The fraction of sp³-hybridized carbons (Fsp3) is 0.556. The number of nitrogens with one attached hydrogen (secondary N) is 1. The van der Waals surface area contributed by atoms with E-state index in [4.69, 9.17) is 9.47 Å². The molecule has 0 spiro atoms. The molecule has 2 rings (SSSR count). The molecule has 1 aromatic rings. The number of hydrogen-bond donors (Lipinski definition) is 1. The van der Waals surface area contributed by atoms with Crippen molar-refractivity contribution in [2.75, 3.05) is 19.9 Å². The van der Waals surface area contributed by atoms with Crippen LogP contribution in [0.2, 0.25) is 0 Å². The number of carbonyl (C=O) groups is 2. The van der Waals surface area contributed by atoms with Gasteiger partial charge in [-0.15, -0.1) is 0 Å². The Morgan fingerprint density at radius 3 is 2.33 bits per heavy atom. The zero-order valence-electron chi connectivity index (χ0n) is 14.8. The van der Waals surface area contributed by atoms with E-state index in [1.54, 1.807) is 11.0 Å². The third-order valence-electron chi connectivity index (χ3n) is 3.54. The lowest BCUT2D eigenvalue weighted by atomic mass is 10.1. The molecule has 24 heavy (non-hydrogen) atoms. The number of rotatable bonds is 6. The highest BCUT2D eigenvalue weighted by atomic mass is 16.7. The molecule has 0 atom stereocenters. The van der Waals surface area contributed by atoms with E-state index in [1.165, 1.54) is 0 Å². The largest absolute Gasteiger partial charge is 0.454 e. The third kappa shape index (κ3) is 4.88. The van der Waals surface area contributed by atoms with Crippen LogP contribution in [0.5, 0.6) is 11.5 Å². The summed E-state index contributed by atoms with van der Waals surface area (Å²) in [6.07, 6.45) is 0.